The number of benzene rings is 4. The summed E-state index contributed by atoms with van der Waals surface area (Å²) in [5, 5.41) is 16.2. The zero-order valence-corrected chi connectivity index (χ0v) is 22.1. The van der Waals surface area contributed by atoms with E-state index in [4.69, 9.17) is 37.5 Å². The maximum atomic E-state index is 11.2. The average molecular weight is 548 g/mol. The third-order valence-corrected chi connectivity index (χ3v) is 6.81. The molecule has 192 valence electrons. The van der Waals surface area contributed by atoms with Gasteiger partial charge in [0.15, 0.2) is 5.75 Å². The van der Waals surface area contributed by atoms with Crippen molar-refractivity contribution in [2.24, 2.45) is 0 Å². The Labute approximate surface area is 229 Å². The van der Waals surface area contributed by atoms with Crippen LogP contribution >= 0.6 is 23.2 Å². The van der Waals surface area contributed by atoms with E-state index in [1.165, 1.54) is 0 Å². The van der Waals surface area contributed by atoms with Crippen molar-refractivity contribution in [3.05, 3.63) is 106 Å². The fourth-order valence-corrected chi connectivity index (χ4v) is 4.83. The maximum Gasteiger partial charge on any atom is 0.335 e. The Hall–Kier alpha value is -3.84. The van der Waals surface area contributed by atoms with Gasteiger partial charge in [0.1, 0.15) is 18.1 Å². The SMILES string of the molecule is CC(C)c1onc(-c2c(Cl)cccc2Cl)c1COOc1ccc(-c2ccc3cc(C(=O)O)ccc3c2)cc1. The molecule has 4 aromatic carbocycles. The molecular formula is C30H23Cl2NO5. The van der Waals surface area contributed by atoms with Crippen LogP contribution in [0.25, 0.3) is 33.2 Å². The lowest BCUT2D eigenvalue weighted by Gasteiger charge is -2.10. The first-order valence-electron chi connectivity index (χ1n) is 11.9. The summed E-state index contributed by atoms with van der Waals surface area (Å²) in [4.78, 5) is 22.4. The number of nitrogens with zero attached hydrogens (tertiary/aromatic N) is 1. The second-order valence-electron chi connectivity index (χ2n) is 9.08. The number of fused-ring (bicyclic) bond motifs is 1. The Morgan fingerprint density at radius 1 is 0.921 bits per heavy atom. The first-order valence-corrected chi connectivity index (χ1v) is 12.7. The van der Waals surface area contributed by atoms with Gasteiger partial charge in [-0.15, -0.1) is 0 Å². The van der Waals surface area contributed by atoms with Crippen molar-refractivity contribution < 1.29 is 24.2 Å². The van der Waals surface area contributed by atoms with Gasteiger partial charge in [-0.3, -0.25) is 0 Å². The summed E-state index contributed by atoms with van der Waals surface area (Å²) in [5.41, 5.74) is 4.08. The average Bonchev–Trinajstić information content (AvgIpc) is 3.32. The molecule has 5 rings (SSSR count). The number of halogens is 2. The van der Waals surface area contributed by atoms with Gasteiger partial charge in [-0.1, -0.05) is 78.6 Å². The second-order valence-corrected chi connectivity index (χ2v) is 9.89. The molecule has 0 saturated heterocycles. The molecule has 5 aromatic rings. The fourth-order valence-electron chi connectivity index (χ4n) is 4.25. The summed E-state index contributed by atoms with van der Waals surface area (Å²) >= 11 is 12.8. The summed E-state index contributed by atoms with van der Waals surface area (Å²) in [5.74, 6) is 0.317. The topological polar surface area (TPSA) is 81.8 Å². The summed E-state index contributed by atoms with van der Waals surface area (Å²) in [6.45, 7) is 4.08. The van der Waals surface area contributed by atoms with Crippen molar-refractivity contribution in [2.45, 2.75) is 26.4 Å². The zero-order chi connectivity index (χ0) is 26.8. The highest BCUT2D eigenvalue weighted by atomic mass is 35.5. The van der Waals surface area contributed by atoms with Crippen molar-refractivity contribution in [1.29, 1.82) is 0 Å². The van der Waals surface area contributed by atoms with E-state index in [-0.39, 0.29) is 18.1 Å². The van der Waals surface area contributed by atoms with Crippen LogP contribution in [0.3, 0.4) is 0 Å². The predicted octanol–water partition coefficient (Wildman–Crippen LogP) is 8.80. The third kappa shape index (κ3) is 5.24. The molecule has 6 nitrogen and oxygen atoms in total. The summed E-state index contributed by atoms with van der Waals surface area (Å²) in [6.07, 6.45) is 0. The quantitative estimate of drug-likeness (QED) is 0.154. The molecule has 1 heterocycles. The molecule has 38 heavy (non-hydrogen) atoms. The normalized spacial score (nSPS) is 11.3. The second kappa shape index (κ2) is 10.9. The van der Waals surface area contributed by atoms with Crippen molar-refractivity contribution in [2.75, 3.05) is 0 Å². The molecule has 0 spiro atoms. The Morgan fingerprint density at radius 3 is 2.26 bits per heavy atom. The standard InChI is InChI=1S/C30H23Cl2NO5/c1-17(2)29-24(28(33-37-29)27-25(31)4-3-5-26(27)32)16-36-38-23-12-10-18(11-13-23)19-6-7-21-15-22(30(34)35)9-8-20(21)14-19/h3-15,17H,16H2,1-2H3,(H,34,35). The monoisotopic (exact) mass is 547 g/mol. The van der Waals surface area contributed by atoms with Crippen LogP contribution in [0, 0.1) is 0 Å². The number of hydrogen-bond donors (Lipinski definition) is 1. The molecule has 0 aliphatic heterocycles. The lowest BCUT2D eigenvalue weighted by Crippen LogP contribution is -2.02. The number of aromatic nitrogens is 1. The van der Waals surface area contributed by atoms with E-state index in [9.17, 15) is 9.90 Å². The third-order valence-electron chi connectivity index (χ3n) is 6.18. The molecule has 0 aliphatic rings. The lowest BCUT2D eigenvalue weighted by atomic mass is 10.00. The summed E-state index contributed by atoms with van der Waals surface area (Å²) in [6, 6.07) is 23.7. The predicted molar refractivity (Wildman–Crippen MR) is 148 cm³/mol. The number of aromatic carboxylic acids is 1. The molecule has 0 atom stereocenters. The van der Waals surface area contributed by atoms with E-state index in [2.05, 4.69) is 5.16 Å². The van der Waals surface area contributed by atoms with Crippen molar-refractivity contribution in [3.63, 3.8) is 0 Å². The van der Waals surface area contributed by atoms with Gasteiger partial charge < -0.3 is 14.5 Å². The number of carboxylic acid groups (broad SMARTS) is 1. The maximum absolute atomic E-state index is 11.2. The largest absolute Gasteiger partial charge is 0.478 e. The molecule has 0 radical (unpaired) electrons. The van der Waals surface area contributed by atoms with Crippen LogP contribution in [0.5, 0.6) is 5.75 Å². The van der Waals surface area contributed by atoms with Gasteiger partial charge in [0.2, 0.25) is 0 Å². The Kier molecular flexibility index (Phi) is 7.38. The molecule has 8 heteroatoms. The van der Waals surface area contributed by atoms with Crippen LogP contribution < -0.4 is 4.89 Å². The van der Waals surface area contributed by atoms with E-state index in [0.29, 0.717) is 38.4 Å². The van der Waals surface area contributed by atoms with E-state index < -0.39 is 5.97 Å². The number of hydrogen-bond acceptors (Lipinski definition) is 5. The van der Waals surface area contributed by atoms with Crippen LogP contribution in [-0.2, 0) is 11.5 Å². The summed E-state index contributed by atoms with van der Waals surface area (Å²) in [7, 11) is 0. The fraction of sp³-hybridized carbons (Fsp3) is 0.133. The first kappa shape index (κ1) is 25.8. The highest BCUT2D eigenvalue weighted by Crippen LogP contribution is 2.38. The molecule has 0 unspecified atom stereocenters. The van der Waals surface area contributed by atoms with Gasteiger partial charge in [-0.25, -0.2) is 4.79 Å². The molecule has 0 fully saturated rings. The highest BCUT2D eigenvalue weighted by molar-refractivity contribution is 6.39. The smallest absolute Gasteiger partial charge is 0.335 e. The first-order chi connectivity index (χ1) is 18.3. The van der Waals surface area contributed by atoms with Crippen molar-refractivity contribution >= 4 is 39.9 Å². The Balaban J connectivity index is 1.31. The highest BCUT2D eigenvalue weighted by Gasteiger charge is 2.24. The van der Waals surface area contributed by atoms with E-state index in [0.717, 1.165) is 21.9 Å². The van der Waals surface area contributed by atoms with E-state index in [1.54, 1.807) is 30.3 Å². The van der Waals surface area contributed by atoms with Crippen LogP contribution in [0.4, 0.5) is 0 Å². The van der Waals surface area contributed by atoms with Crippen molar-refractivity contribution in [1.82, 2.24) is 5.16 Å². The van der Waals surface area contributed by atoms with Gasteiger partial charge in [-0.2, -0.15) is 4.89 Å². The minimum Gasteiger partial charge on any atom is -0.478 e. The van der Waals surface area contributed by atoms with Gasteiger partial charge in [0.25, 0.3) is 0 Å². The lowest BCUT2D eigenvalue weighted by molar-refractivity contribution is -0.217. The molecule has 0 saturated carbocycles. The van der Waals surface area contributed by atoms with Gasteiger partial charge in [-0.05, 0) is 64.4 Å². The van der Waals surface area contributed by atoms with E-state index in [1.807, 2.05) is 62.4 Å². The minimum atomic E-state index is -0.942. The minimum absolute atomic E-state index is 0.0630. The van der Waals surface area contributed by atoms with Gasteiger partial charge in [0, 0.05) is 11.5 Å². The van der Waals surface area contributed by atoms with Gasteiger partial charge in [0.05, 0.1) is 21.2 Å². The van der Waals surface area contributed by atoms with Gasteiger partial charge >= 0.3 is 5.97 Å². The molecular weight excluding hydrogens is 525 g/mol. The molecule has 1 aromatic heterocycles. The van der Waals surface area contributed by atoms with Crippen LogP contribution in [0.1, 0.15) is 41.4 Å². The van der Waals surface area contributed by atoms with Crippen molar-refractivity contribution in [3.8, 4) is 28.1 Å². The Bertz CT molecular complexity index is 1610. The zero-order valence-electron chi connectivity index (χ0n) is 20.6. The number of rotatable bonds is 8. The molecule has 1 N–H and O–H groups in total. The van der Waals surface area contributed by atoms with E-state index >= 15 is 0 Å². The number of carboxylic acids is 1. The molecule has 0 aliphatic carbocycles. The molecule has 0 amide bonds. The van der Waals surface area contributed by atoms with Crippen LogP contribution in [-0.4, -0.2) is 16.2 Å². The van der Waals surface area contributed by atoms with Crippen LogP contribution in [0.15, 0.2) is 83.4 Å². The Morgan fingerprint density at radius 2 is 1.58 bits per heavy atom. The summed E-state index contributed by atoms with van der Waals surface area (Å²) < 4.78 is 5.61. The molecule has 0 bridgehead atoms. The van der Waals surface area contributed by atoms with Crippen LogP contribution in [0.2, 0.25) is 10.0 Å². The number of carbonyl (C=O) groups is 1.